The largest absolute Gasteiger partial charge is 0.486 e. The standard InChI is InChI=1S/C34H32Cl3F2N5O3/c1-6-23(45)42-14-18-8-10-47-33-32(43(18)13-17(42)5)19-11-22(38)24(25-27(39)20(35)12-21(36)28(25)40)26(37)31(19)44(34(33)46)30-16(4)7-9-41-29(30)15(2)3/h6-7,9,11-12,15,17-18H,1,8,10,13-14,40H2,2-5H3. The van der Waals surface area contributed by atoms with Crippen molar-refractivity contribution in [2.24, 2.45) is 0 Å². The zero-order valence-corrected chi connectivity index (χ0v) is 28.4. The second-order valence-corrected chi connectivity index (χ2v) is 13.4. The van der Waals surface area contributed by atoms with Gasteiger partial charge in [-0.05, 0) is 49.6 Å². The molecule has 6 rings (SSSR count). The van der Waals surface area contributed by atoms with Crippen LogP contribution in [0.1, 0.15) is 44.4 Å². The zero-order chi connectivity index (χ0) is 34.1. The molecule has 47 heavy (non-hydrogen) atoms. The van der Waals surface area contributed by atoms with Crippen LogP contribution < -0.4 is 20.9 Å². The van der Waals surface area contributed by atoms with Gasteiger partial charge in [-0.2, -0.15) is 0 Å². The van der Waals surface area contributed by atoms with Gasteiger partial charge in [0.15, 0.2) is 5.82 Å². The van der Waals surface area contributed by atoms with Crippen LogP contribution >= 0.6 is 34.8 Å². The predicted molar refractivity (Wildman–Crippen MR) is 184 cm³/mol. The number of nitrogens with zero attached hydrogens (tertiary/aromatic N) is 4. The molecule has 0 bridgehead atoms. The van der Waals surface area contributed by atoms with Crippen molar-refractivity contribution in [2.45, 2.75) is 52.1 Å². The number of amides is 1. The average molecular weight is 703 g/mol. The third-order valence-corrected chi connectivity index (χ3v) is 9.91. The van der Waals surface area contributed by atoms with Gasteiger partial charge in [0.05, 0.1) is 56.0 Å². The number of fused-ring (bicyclic) bond motifs is 5. The summed E-state index contributed by atoms with van der Waals surface area (Å²) in [6.45, 7) is 12.0. The Balaban J connectivity index is 1.78. The zero-order valence-electron chi connectivity index (χ0n) is 26.1. The van der Waals surface area contributed by atoms with Gasteiger partial charge in [-0.3, -0.25) is 19.1 Å². The summed E-state index contributed by atoms with van der Waals surface area (Å²) in [5.74, 6) is -2.27. The number of pyridine rings is 2. The van der Waals surface area contributed by atoms with Crippen LogP contribution in [0.3, 0.4) is 0 Å². The van der Waals surface area contributed by atoms with Crippen molar-refractivity contribution in [3.63, 3.8) is 0 Å². The number of nitrogen functional groups attached to an aromatic ring is 1. The fraction of sp³-hybridized carbons (Fsp3) is 0.324. The summed E-state index contributed by atoms with van der Waals surface area (Å²) in [5, 5.41) is -0.505. The molecule has 1 amide bonds. The maximum atomic E-state index is 16.6. The van der Waals surface area contributed by atoms with Crippen molar-refractivity contribution in [1.82, 2.24) is 14.5 Å². The van der Waals surface area contributed by atoms with Crippen LogP contribution in [-0.4, -0.2) is 52.1 Å². The molecule has 246 valence electrons. The summed E-state index contributed by atoms with van der Waals surface area (Å²) in [4.78, 5) is 35.8. The molecule has 1 fully saturated rings. The summed E-state index contributed by atoms with van der Waals surface area (Å²) in [6.07, 6.45) is 3.39. The number of carbonyl (C=O) groups excluding carboxylic acids is 1. The molecule has 2 aromatic heterocycles. The number of aryl methyl sites for hydroxylation is 1. The fourth-order valence-electron chi connectivity index (χ4n) is 6.71. The third kappa shape index (κ3) is 5.21. The normalized spacial score (nSPS) is 17.7. The van der Waals surface area contributed by atoms with E-state index >= 15 is 8.78 Å². The highest BCUT2D eigenvalue weighted by atomic mass is 35.5. The van der Waals surface area contributed by atoms with E-state index in [9.17, 15) is 9.59 Å². The Morgan fingerprint density at radius 1 is 1.15 bits per heavy atom. The fourth-order valence-corrected chi connectivity index (χ4v) is 7.55. The van der Waals surface area contributed by atoms with E-state index in [2.05, 4.69) is 11.6 Å². The summed E-state index contributed by atoms with van der Waals surface area (Å²) >= 11 is 19.6. The lowest BCUT2D eigenvalue weighted by atomic mass is 9.97. The van der Waals surface area contributed by atoms with Crippen LogP contribution in [0.4, 0.5) is 20.2 Å². The first-order chi connectivity index (χ1) is 22.3. The van der Waals surface area contributed by atoms with Crippen molar-refractivity contribution < 1.29 is 18.3 Å². The number of anilines is 2. The van der Waals surface area contributed by atoms with Crippen molar-refractivity contribution >= 4 is 63.0 Å². The number of aromatic nitrogens is 2. The van der Waals surface area contributed by atoms with Gasteiger partial charge < -0.3 is 20.3 Å². The van der Waals surface area contributed by atoms with Gasteiger partial charge >= 0.3 is 0 Å². The number of hydrogen-bond donors (Lipinski definition) is 1. The van der Waals surface area contributed by atoms with E-state index in [1.54, 1.807) is 17.2 Å². The van der Waals surface area contributed by atoms with Gasteiger partial charge in [-0.25, -0.2) is 8.78 Å². The molecule has 2 aromatic carbocycles. The predicted octanol–water partition coefficient (Wildman–Crippen LogP) is 7.68. The Labute approximate surface area is 285 Å². The van der Waals surface area contributed by atoms with Crippen molar-refractivity contribution in [3.05, 3.63) is 85.4 Å². The molecule has 0 radical (unpaired) electrons. The molecular weight excluding hydrogens is 671 g/mol. The van der Waals surface area contributed by atoms with Gasteiger partial charge in [0.25, 0.3) is 5.56 Å². The monoisotopic (exact) mass is 701 g/mol. The van der Waals surface area contributed by atoms with Gasteiger partial charge in [0.1, 0.15) is 5.82 Å². The first-order valence-corrected chi connectivity index (χ1v) is 16.2. The summed E-state index contributed by atoms with van der Waals surface area (Å²) in [5.41, 5.74) is 6.72. The molecule has 2 unspecified atom stereocenters. The Morgan fingerprint density at radius 2 is 1.87 bits per heavy atom. The van der Waals surface area contributed by atoms with Gasteiger partial charge in [-0.15, -0.1) is 0 Å². The molecule has 13 heteroatoms. The number of ether oxygens (including phenoxy) is 1. The Bertz CT molecular complexity index is 2020. The quantitative estimate of drug-likeness (QED) is 0.133. The van der Waals surface area contributed by atoms with Crippen LogP contribution in [0.5, 0.6) is 5.75 Å². The number of nitrogens with two attached hydrogens (primary N) is 1. The third-order valence-electron chi connectivity index (χ3n) is 8.95. The van der Waals surface area contributed by atoms with E-state index in [0.29, 0.717) is 42.1 Å². The first kappa shape index (κ1) is 33.1. The summed E-state index contributed by atoms with van der Waals surface area (Å²) in [6, 6.07) is 3.53. The number of benzene rings is 2. The molecule has 0 aliphatic carbocycles. The summed E-state index contributed by atoms with van der Waals surface area (Å²) < 4.78 is 39.9. The summed E-state index contributed by atoms with van der Waals surface area (Å²) in [7, 11) is 0. The van der Waals surface area contributed by atoms with Crippen LogP contribution in [0.25, 0.3) is 27.7 Å². The molecule has 2 N–H and O–H groups in total. The number of rotatable bonds is 4. The van der Waals surface area contributed by atoms with Crippen LogP contribution in [0.2, 0.25) is 15.1 Å². The molecule has 2 aliphatic heterocycles. The maximum absolute atomic E-state index is 16.6. The van der Waals surface area contributed by atoms with E-state index in [-0.39, 0.29) is 67.9 Å². The second kappa shape index (κ2) is 12.3. The molecule has 2 atom stereocenters. The molecule has 0 spiro atoms. The van der Waals surface area contributed by atoms with Crippen LogP contribution in [-0.2, 0) is 4.79 Å². The SMILES string of the molecule is C=CC(=O)N1CC2CCOc3c(c4cc(F)c(-c5c(N)c(Cl)cc(Cl)c5F)c(Cl)c4n(-c4c(C)ccnc4C(C)C)c3=O)N2CC1C. The van der Waals surface area contributed by atoms with E-state index in [0.717, 1.165) is 6.07 Å². The molecule has 4 aromatic rings. The molecule has 0 saturated carbocycles. The lowest BCUT2D eigenvalue weighted by Crippen LogP contribution is -2.59. The number of piperazine rings is 1. The van der Waals surface area contributed by atoms with E-state index < -0.39 is 28.3 Å². The molecule has 8 nitrogen and oxygen atoms in total. The molecule has 1 saturated heterocycles. The first-order valence-electron chi connectivity index (χ1n) is 15.1. The Kier molecular flexibility index (Phi) is 8.65. The van der Waals surface area contributed by atoms with Gasteiger partial charge in [0, 0.05) is 48.3 Å². The van der Waals surface area contributed by atoms with Gasteiger partial charge in [0.2, 0.25) is 11.7 Å². The highest BCUT2D eigenvalue weighted by Gasteiger charge is 2.40. The highest BCUT2D eigenvalue weighted by molar-refractivity contribution is 6.40. The van der Waals surface area contributed by atoms with E-state index in [1.165, 1.54) is 16.7 Å². The van der Waals surface area contributed by atoms with Gasteiger partial charge in [-0.1, -0.05) is 55.2 Å². The van der Waals surface area contributed by atoms with E-state index in [4.69, 9.17) is 45.3 Å². The van der Waals surface area contributed by atoms with Crippen molar-refractivity contribution in [1.29, 1.82) is 0 Å². The van der Waals surface area contributed by atoms with E-state index in [1.807, 2.05) is 32.6 Å². The lowest BCUT2D eigenvalue weighted by molar-refractivity contribution is -0.128. The minimum atomic E-state index is -1.02. The van der Waals surface area contributed by atoms with Crippen LogP contribution in [0.15, 0.2) is 41.8 Å². The van der Waals surface area contributed by atoms with Crippen molar-refractivity contribution in [2.75, 3.05) is 30.3 Å². The number of carbonyl (C=O) groups is 1. The Morgan fingerprint density at radius 3 is 2.55 bits per heavy atom. The second-order valence-electron chi connectivity index (χ2n) is 12.2. The smallest absolute Gasteiger partial charge is 0.300 e. The lowest BCUT2D eigenvalue weighted by Gasteiger charge is -2.45. The highest BCUT2D eigenvalue weighted by Crippen LogP contribution is 2.49. The molecule has 4 heterocycles. The number of hydrogen-bond acceptors (Lipinski definition) is 6. The number of halogens is 5. The minimum Gasteiger partial charge on any atom is -0.486 e. The Hall–Kier alpha value is -3.86. The van der Waals surface area contributed by atoms with Crippen LogP contribution in [0, 0.1) is 18.6 Å². The van der Waals surface area contributed by atoms with Crippen molar-refractivity contribution in [3.8, 4) is 22.6 Å². The average Bonchev–Trinajstić information content (AvgIpc) is 3.21. The maximum Gasteiger partial charge on any atom is 0.300 e. The topological polar surface area (TPSA) is 93.7 Å². The molecule has 2 aliphatic rings. The minimum absolute atomic E-state index is 0.00775. The molecular formula is C34H32Cl3F2N5O3.